The number of amides is 1. The first-order chi connectivity index (χ1) is 12.8. The number of carbonyl (C=O) groups excluding carboxylic acids is 1. The quantitative estimate of drug-likeness (QED) is 0.673. The van der Waals surface area contributed by atoms with Gasteiger partial charge in [-0.05, 0) is 43.7 Å². The Morgan fingerprint density at radius 3 is 2.48 bits per heavy atom. The molecule has 0 unspecified atom stereocenters. The Morgan fingerprint density at radius 2 is 1.85 bits per heavy atom. The van der Waals surface area contributed by atoms with Crippen LogP contribution in [0.5, 0.6) is 5.75 Å². The lowest BCUT2D eigenvalue weighted by Crippen LogP contribution is -2.36. The van der Waals surface area contributed by atoms with Gasteiger partial charge >= 0.3 is 5.91 Å². The van der Waals surface area contributed by atoms with Gasteiger partial charge in [0.15, 0.2) is 5.69 Å². The predicted molar refractivity (Wildman–Crippen MR) is 98.9 cm³/mol. The van der Waals surface area contributed by atoms with Crippen LogP contribution in [-0.4, -0.2) is 43.2 Å². The van der Waals surface area contributed by atoms with Gasteiger partial charge in [-0.2, -0.15) is 13.5 Å². The number of hydrogen-bond donors (Lipinski definition) is 1. The number of hydroxylamine groups is 1. The van der Waals surface area contributed by atoms with E-state index < -0.39 is 15.9 Å². The first kappa shape index (κ1) is 18.9. The minimum absolute atomic E-state index is 0.0132. The highest BCUT2D eigenvalue weighted by atomic mass is 32.2. The second-order valence-electron chi connectivity index (χ2n) is 5.97. The summed E-state index contributed by atoms with van der Waals surface area (Å²) in [6.07, 6.45) is 0. The molecular weight excluding hydrogens is 370 g/mol. The van der Waals surface area contributed by atoms with Crippen LogP contribution in [0.3, 0.4) is 0 Å². The molecule has 0 spiro atoms. The van der Waals surface area contributed by atoms with E-state index in [4.69, 9.17) is 9.57 Å². The zero-order valence-corrected chi connectivity index (χ0v) is 16.1. The van der Waals surface area contributed by atoms with E-state index in [0.29, 0.717) is 26.7 Å². The average Bonchev–Trinajstić information content (AvgIpc) is 3.04. The number of fused-ring (bicyclic) bond motifs is 1. The molecule has 0 saturated heterocycles. The number of carbonyl (C=O) groups is 1. The molecule has 1 aromatic heterocycles. The van der Waals surface area contributed by atoms with E-state index in [1.165, 1.54) is 13.2 Å². The Morgan fingerprint density at radius 1 is 1.11 bits per heavy atom. The SMILES string of the molecule is COc1ccc2[nH]nc(C(=O)N(OC)S(=O)(=O)c3ccc(C)cc3C)c2c1. The van der Waals surface area contributed by atoms with Crippen molar-refractivity contribution >= 4 is 26.8 Å². The maximum Gasteiger partial charge on any atom is 0.313 e. The van der Waals surface area contributed by atoms with Crippen molar-refractivity contribution in [2.75, 3.05) is 14.2 Å². The van der Waals surface area contributed by atoms with Crippen LogP contribution >= 0.6 is 0 Å². The number of hydrogen-bond acceptors (Lipinski definition) is 6. The zero-order chi connectivity index (χ0) is 19.8. The number of nitrogens with zero attached hydrogens (tertiary/aromatic N) is 2. The van der Waals surface area contributed by atoms with Crippen molar-refractivity contribution in [2.45, 2.75) is 18.7 Å². The Labute approximate surface area is 156 Å². The summed E-state index contributed by atoms with van der Waals surface area (Å²) >= 11 is 0. The Bertz CT molecular complexity index is 1120. The summed E-state index contributed by atoms with van der Waals surface area (Å²) in [4.78, 5) is 17.9. The number of benzene rings is 2. The van der Waals surface area contributed by atoms with Gasteiger partial charge in [-0.1, -0.05) is 22.2 Å². The highest BCUT2D eigenvalue weighted by Gasteiger charge is 2.34. The van der Waals surface area contributed by atoms with E-state index in [1.54, 1.807) is 37.3 Å². The molecule has 9 heteroatoms. The van der Waals surface area contributed by atoms with Crippen molar-refractivity contribution < 1.29 is 22.8 Å². The largest absolute Gasteiger partial charge is 0.497 e. The molecule has 0 aliphatic rings. The van der Waals surface area contributed by atoms with Crippen LogP contribution in [0.15, 0.2) is 41.3 Å². The molecule has 1 amide bonds. The van der Waals surface area contributed by atoms with Crippen LogP contribution in [0.1, 0.15) is 21.6 Å². The molecule has 2 aromatic carbocycles. The van der Waals surface area contributed by atoms with Gasteiger partial charge < -0.3 is 4.74 Å². The van der Waals surface area contributed by atoms with Gasteiger partial charge in [-0.3, -0.25) is 14.7 Å². The molecule has 0 bridgehead atoms. The third kappa shape index (κ3) is 3.26. The Hall–Kier alpha value is -2.91. The summed E-state index contributed by atoms with van der Waals surface area (Å²) in [5, 5.41) is 7.10. The lowest BCUT2D eigenvalue weighted by Gasteiger charge is -2.20. The van der Waals surface area contributed by atoms with Crippen molar-refractivity contribution in [3.63, 3.8) is 0 Å². The molecule has 0 aliphatic carbocycles. The van der Waals surface area contributed by atoms with Crippen molar-refractivity contribution in [2.24, 2.45) is 0 Å². The summed E-state index contributed by atoms with van der Waals surface area (Å²) in [5.41, 5.74) is 1.91. The van der Waals surface area contributed by atoms with Crippen LogP contribution in [0.25, 0.3) is 10.9 Å². The molecule has 3 rings (SSSR count). The normalized spacial score (nSPS) is 11.6. The van der Waals surface area contributed by atoms with Gasteiger partial charge in [0.05, 0.1) is 24.6 Å². The Kier molecular flexibility index (Phi) is 4.90. The molecule has 27 heavy (non-hydrogen) atoms. The number of rotatable bonds is 5. The molecule has 3 aromatic rings. The van der Waals surface area contributed by atoms with Crippen LogP contribution in [-0.2, 0) is 14.9 Å². The van der Waals surface area contributed by atoms with Gasteiger partial charge in [0, 0.05) is 5.39 Å². The summed E-state index contributed by atoms with van der Waals surface area (Å²) < 4.78 is 31.5. The highest BCUT2D eigenvalue weighted by Crippen LogP contribution is 2.26. The van der Waals surface area contributed by atoms with Crippen LogP contribution in [0.4, 0.5) is 0 Å². The van der Waals surface area contributed by atoms with Gasteiger partial charge in [0.25, 0.3) is 10.0 Å². The first-order valence-corrected chi connectivity index (χ1v) is 9.46. The number of sulfonamides is 1. The monoisotopic (exact) mass is 389 g/mol. The Balaban J connectivity index is 2.09. The summed E-state index contributed by atoms with van der Waals surface area (Å²) in [5.74, 6) is -0.392. The second kappa shape index (κ2) is 7.01. The topological polar surface area (TPSA) is 102 Å². The number of aromatic nitrogens is 2. The van der Waals surface area contributed by atoms with Crippen LogP contribution in [0.2, 0.25) is 0 Å². The van der Waals surface area contributed by atoms with Crippen molar-refractivity contribution in [1.29, 1.82) is 0 Å². The number of ether oxygens (including phenoxy) is 1. The summed E-state index contributed by atoms with van der Waals surface area (Å²) in [6, 6.07) is 9.82. The minimum Gasteiger partial charge on any atom is -0.497 e. The van der Waals surface area contributed by atoms with Gasteiger partial charge in [-0.25, -0.2) is 0 Å². The smallest absolute Gasteiger partial charge is 0.313 e. The lowest BCUT2D eigenvalue weighted by molar-refractivity contribution is -0.0286. The molecule has 0 aliphatic heterocycles. The van der Waals surface area contributed by atoms with E-state index in [9.17, 15) is 13.2 Å². The molecule has 1 heterocycles. The number of aryl methyl sites for hydroxylation is 2. The minimum atomic E-state index is -4.23. The van der Waals surface area contributed by atoms with Crippen LogP contribution < -0.4 is 4.74 Å². The average molecular weight is 389 g/mol. The third-order valence-corrected chi connectivity index (χ3v) is 5.90. The molecular formula is C18H19N3O5S. The second-order valence-corrected chi connectivity index (χ2v) is 7.69. The van der Waals surface area contributed by atoms with Crippen molar-refractivity contribution in [3.8, 4) is 5.75 Å². The van der Waals surface area contributed by atoms with Gasteiger partial charge in [0.1, 0.15) is 5.75 Å². The molecule has 0 saturated carbocycles. The molecule has 0 fully saturated rings. The molecule has 0 atom stereocenters. The standard InChI is InChI=1S/C18H19N3O5S/c1-11-5-8-16(12(2)9-11)27(23,24)21(26-4)18(22)17-14-10-13(25-3)6-7-15(14)19-20-17/h5-10H,1-4H3,(H,19,20). The van der Waals surface area contributed by atoms with E-state index in [2.05, 4.69) is 10.2 Å². The lowest BCUT2D eigenvalue weighted by atomic mass is 10.2. The van der Waals surface area contributed by atoms with E-state index in [0.717, 1.165) is 12.7 Å². The molecule has 142 valence electrons. The zero-order valence-electron chi connectivity index (χ0n) is 15.3. The molecule has 8 nitrogen and oxygen atoms in total. The molecule has 0 radical (unpaired) electrons. The number of H-pyrrole nitrogens is 1. The number of nitrogens with one attached hydrogen (secondary N) is 1. The summed E-state index contributed by atoms with van der Waals surface area (Å²) in [7, 11) is -1.62. The van der Waals surface area contributed by atoms with Crippen LogP contribution in [0, 0.1) is 13.8 Å². The van der Waals surface area contributed by atoms with E-state index >= 15 is 0 Å². The van der Waals surface area contributed by atoms with Crippen molar-refractivity contribution in [1.82, 2.24) is 14.7 Å². The molecule has 1 N–H and O–H groups in total. The van der Waals surface area contributed by atoms with E-state index in [1.807, 2.05) is 6.92 Å². The summed E-state index contributed by atoms with van der Waals surface area (Å²) in [6.45, 7) is 3.51. The van der Waals surface area contributed by atoms with E-state index in [-0.39, 0.29) is 10.6 Å². The fourth-order valence-corrected chi connectivity index (χ4v) is 4.22. The van der Waals surface area contributed by atoms with Gasteiger partial charge in [0.2, 0.25) is 0 Å². The number of methoxy groups -OCH3 is 1. The first-order valence-electron chi connectivity index (χ1n) is 8.02. The highest BCUT2D eigenvalue weighted by molar-refractivity contribution is 7.89. The maximum atomic E-state index is 13.0. The maximum absolute atomic E-state index is 13.0. The predicted octanol–water partition coefficient (Wildman–Crippen LogP) is 2.58. The van der Waals surface area contributed by atoms with Crippen molar-refractivity contribution in [3.05, 3.63) is 53.2 Å². The van der Waals surface area contributed by atoms with Gasteiger partial charge in [-0.15, -0.1) is 0 Å². The fourth-order valence-electron chi connectivity index (χ4n) is 2.84. The number of aromatic amines is 1. The fraction of sp³-hybridized carbons (Fsp3) is 0.222. The third-order valence-electron chi connectivity index (χ3n) is 4.13.